The van der Waals surface area contributed by atoms with Crippen LogP contribution in [0.25, 0.3) is 21.9 Å². The van der Waals surface area contributed by atoms with Crippen molar-refractivity contribution in [2.45, 2.75) is 18.4 Å². The number of benzene rings is 1. The maximum Gasteiger partial charge on any atom is 0.238 e. The molecule has 1 aromatic carbocycles. The average Bonchev–Trinajstić information content (AvgIpc) is 2.97. The Balaban J connectivity index is 1.79. The van der Waals surface area contributed by atoms with Gasteiger partial charge in [0.1, 0.15) is 5.52 Å². The van der Waals surface area contributed by atoms with Crippen LogP contribution in [-0.2, 0) is 16.6 Å². The lowest BCUT2D eigenvalue weighted by Crippen LogP contribution is -2.12. The van der Waals surface area contributed by atoms with Crippen molar-refractivity contribution in [1.82, 2.24) is 14.5 Å². The van der Waals surface area contributed by atoms with Gasteiger partial charge in [-0.1, -0.05) is 12.1 Å². The molecule has 0 aliphatic carbocycles. The number of pyridine rings is 2. The Labute approximate surface area is 145 Å². The van der Waals surface area contributed by atoms with E-state index in [-0.39, 0.29) is 4.90 Å². The summed E-state index contributed by atoms with van der Waals surface area (Å²) in [6.45, 7) is 2.59. The number of sulfonamides is 1. The van der Waals surface area contributed by atoms with Gasteiger partial charge in [-0.05, 0) is 42.3 Å². The van der Waals surface area contributed by atoms with Gasteiger partial charge in [0.25, 0.3) is 0 Å². The number of aromatic nitrogens is 3. The molecule has 4 rings (SSSR count). The molecule has 6 nitrogen and oxygen atoms in total. The van der Waals surface area contributed by atoms with Crippen LogP contribution in [0.2, 0.25) is 0 Å². The zero-order valence-electron chi connectivity index (χ0n) is 13.5. The second-order valence-electron chi connectivity index (χ2n) is 6.08. The molecule has 0 spiro atoms. The van der Waals surface area contributed by atoms with Crippen LogP contribution in [-0.4, -0.2) is 23.0 Å². The summed E-state index contributed by atoms with van der Waals surface area (Å²) in [5, 5.41) is 6.16. The van der Waals surface area contributed by atoms with E-state index in [1.165, 1.54) is 12.1 Å². The number of nitrogens with two attached hydrogens (primary N) is 1. The van der Waals surface area contributed by atoms with E-state index in [1.807, 2.05) is 37.6 Å². The summed E-state index contributed by atoms with van der Waals surface area (Å²) in [6, 6.07) is 10.6. The molecule has 7 heteroatoms. The third-order valence-electron chi connectivity index (χ3n) is 4.17. The quantitative estimate of drug-likeness (QED) is 0.613. The molecule has 0 aliphatic heterocycles. The standard InChI is InChI=1S/C18H16N4O2S/c1-12-8-16-17(21-9-12)18-14(10-20-16)6-7-22(18)11-13-2-4-15(5-3-13)25(19,23)24/h2-10H,11H2,1H3,(H2,19,23,24). The van der Waals surface area contributed by atoms with E-state index >= 15 is 0 Å². The highest BCUT2D eigenvalue weighted by Gasteiger charge is 2.10. The Morgan fingerprint density at radius 1 is 1.08 bits per heavy atom. The van der Waals surface area contributed by atoms with E-state index < -0.39 is 10.0 Å². The van der Waals surface area contributed by atoms with Crippen LogP contribution in [0.15, 0.2) is 59.9 Å². The van der Waals surface area contributed by atoms with Crippen molar-refractivity contribution in [1.29, 1.82) is 0 Å². The van der Waals surface area contributed by atoms with Gasteiger partial charge >= 0.3 is 0 Å². The molecule has 0 fully saturated rings. The van der Waals surface area contributed by atoms with Crippen LogP contribution in [0.5, 0.6) is 0 Å². The van der Waals surface area contributed by atoms with Crippen molar-refractivity contribution in [3.05, 3.63) is 66.1 Å². The van der Waals surface area contributed by atoms with Crippen LogP contribution in [0, 0.1) is 6.92 Å². The molecule has 25 heavy (non-hydrogen) atoms. The van der Waals surface area contributed by atoms with Crippen molar-refractivity contribution < 1.29 is 8.42 Å². The summed E-state index contributed by atoms with van der Waals surface area (Å²) >= 11 is 0. The molecule has 2 N–H and O–H groups in total. The minimum Gasteiger partial charge on any atom is -0.341 e. The first-order valence-corrected chi connectivity index (χ1v) is 9.28. The van der Waals surface area contributed by atoms with E-state index in [1.54, 1.807) is 12.1 Å². The zero-order chi connectivity index (χ0) is 17.6. The zero-order valence-corrected chi connectivity index (χ0v) is 14.4. The average molecular weight is 352 g/mol. The molecular formula is C18H16N4O2S. The number of rotatable bonds is 3. The predicted molar refractivity (Wildman–Crippen MR) is 96.7 cm³/mol. The third kappa shape index (κ3) is 2.88. The normalized spacial score (nSPS) is 12.1. The molecule has 0 radical (unpaired) electrons. The summed E-state index contributed by atoms with van der Waals surface area (Å²) < 4.78 is 24.8. The number of primary sulfonamides is 1. The number of aryl methyl sites for hydroxylation is 1. The second-order valence-corrected chi connectivity index (χ2v) is 7.64. The molecule has 126 valence electrons. The van der Waals surface area contributed by atoms with Crippen LogP contribution in [0.1, 0.15) is 11.1 Å². The van der Waals surface area contributed by atoms with E-state index in [2.05, 4.69) is 14.5 Å². The summed E-state index contributed by atoms with van der Waals surface area (Å²) in [5.74, 6) is 0. The van der Waals surface area contributed by atoms with E-state index in [0.29, 0.717) is 6.54 Å². The molecule has 3 heterocycles. The van der Waals surface area contributed by atoms with Crippen LogP contribution >= 0.6 is 0 Å². The summed E-state index contributed by atoms with van der Waals surface area (Å²) in [6.07, 6.45) is 5.67. The maximum atomic E-state index is 11.4. The second kappa shape index (κ2) is 5.65. The molecule has 0 saturated heterocycles. The Kier molecular flexibility index (Phi) is 3.55. The fraction of sp³-hybridized carbons (Fsp3) is 0.111. The highest BCUT2D eigenvalue weighted by Crippen LogP contribution is 2.24. The first-order chi connectivity index (χ1) is 11.9. The Morgan fingerprint density at radius 2 is 1.84 bits per heavy atom. The predicted octanol–water partition coefficient (Wildman–Crippen LogP) is 2.59. The lowest BCUT2D eigenvalue weighted by Gasteiger charge is -2.08. The number of fused-ring (bicyclic) bond motifs is 3. The highest BCUT2D eigenvalue weighted by molar-refractivity contribution is 7.89. The molecule has 0 aliphatic rings. The maximum absolute atomic E-state index is 11.4. The summed E-state index contributed by atoms with van der Waals surface area (Å²) in [5.41, 5.74) is 4.77. The van der Waals surface area contributed by atoms with Gasteiger partial charge in [-0.3, -0.25) is 9.97 Å². The van der Waals surface area contributed by atoms with Crippen LogP contribution < -0.4 is 5.14 Å². The largest absolute Gasteiger partial charge is 0.341 e. The van der Waals surface area contributed by atoms with Crippen molar-refractivity contribution in [3.8, 4) is 0 Å². The monoisotopic (exact) mass is 352 g/mol. The van der Waals surface area contributed by atoms with Gasteiger partial charge in [-0.25, -0.2) is 13.6 Å². The first kappa shape index (κ1) is 15.7. The van der Waals surface area contributed by atoms with E-state index in [0.717, 1.165) is 33.1 Å². The number of hydrogen-bond donors (Lipinski definition) is 1. The topological polar surface area (TPSA) is 90.9 Å². The van der Waals surface area contributed by atoms with Crippen molar-refractivity contribution in [2.75, 3.05) is 0 Å². The molecule has 0 unspecified atom stereocenters. The fourth-order valence-electron chi connectivity index (χ4n) is 2.95. The first-order valence-electron chi connectivity index (χ1n) is 7.74. The Morgan fingerprint density at radius 3 is 2.56 bits per heavy atom. The lowest BCUT2D eigenvalue weighted by atomic mass is 10.2. The highest BCUT2D eigenvalue weighted by atomic mass is 32.2. The Hall–Kier alpha value is -2.77. The lowest BCUT2D eigenvalue weighted by molar-refractivity contribution is 0.597. The van der Waals surface area contributed by atoms with Gasteiger partial charge in [0.2, 0.25) is 10.0 Å². The smallest absolute Gasteiger partial charge is 0.238 e. The minimum absolute atomic E-state index is 0.111. The molecule has 0 amide bonds. The van der Waals surface area contributed by atoms with Crippen molar-refractivity contribution >= 4 is 32.0 Å². The molecular weight excluding hydrogens is 336 g/mol. The Bertz CT molecular complexity index is 1200. The van der Waals surface area contributed by atoms with E-state index in [9.17, 15) is 8.42 Å². The van der Waals surface area contributed by atoms with Crippen LogP contribution in [0.3, 0.4) is 0 Å². The molecule has 4 aromatic rings. The molecule has 0 saturated carbocycles. The SMILES string of the molecule is Cc1cnc2c(c1)ncc1ccn(Cc3ccc(S(N)(=O)=O)cc3)c12. The van der Waals surface area contributed by atoms with Gasteiger partial charge in [-0.2, -0.15) is 0 Å². The van der Waals surface area contributed by atoms with Gasteiger partial charge in [0.15, 0.2) is 0 Å². The third-order valence-corrected chi connectivity index (χ3v) is 5.10. The number of nitrogens with zero attached hydrogens (tertiary/aromatic N) is 3. The molecule has 0 atom stereocenters. The summed E-state index contributed by atoms with van der Waals surface area (Å²) in [4.78, 5) is 9.13. The van der Waals surface area contributed by atoms with Crippen molar-refractivity contribution in [2.24, 2.45) is 5.14 Å². The number of hydrogen-bond acceptors (Lipinski definition) is 4. The van der Waals surface area contributed by atoms with Crippen molar-refractivity contribution in [3.63, 3.8) is 0 Å². The molecule has 0 bridgehead atoms. The van der Waals surface area contributed by atoms with Gasteiger partial charge in [-0.15, -0.1) is 0 Å². The van der Waals surface area contributed by atoms with Gasteiger partial charge < -0.3 is 4.57 Å². The molecule has 3 aromatic heterocycles. The van der Waals surface area contributed by atoms with Gasteiger partial charge in [0.05, 0.1) is 15.9 Å². The van der Waals surface area contributed by atoms with Gasteiger partial charge in [0, 0.05) is 30.5 Å². The fourth-order valence-corrected chi connectivity index (χ4v) is 3.47. The summed E-state index contributed by atoms with van der Waals surface area (Å²) in [7, 11) is -3.67. The minimum atomic E-state index is -3.67. The van der Waals surface area contributed by atoms with Crippen LogP contribution in [0.4, 0.5) is 0 Å². The van der Waals surface area contributed by atoms with E-state index in [4.69, 9.17) is 5.14 Å².